The average Bonchev–Trinajstić information content (AvgIpc) is 2.00. The van der Waals surface area contributed by atoms with E-state index in [1.165, 1.54) is 0 Å². The van der Waals surface area contributed by atoms with Crippen LogP contribution in [0.4, 0.5) is 0 Å². The summed E-state index contributed by atoms with van der Waals surface area (Å²) >= 11 is 0. The van der Waals surface area contributed by atoms with Crippen LogP contribution < -0.4 is 5.32 Å². The molecule has 15 heavy (non-hydrogen) atoms. The van der Waals surface area contributed by atoms with Crippen molar-refractivity contribution in [3.8, 4) is 0 Å². The molecule has 1 amide bonds. The highest BCUT2D eigenvalue weighted by atomic mass is 16.1. The van der Waals surface area contributed by atoms with Gasteiger partial charge in [0.15, 0.2) is 0 Å². The lowest BCUT2D eigenvalue weighted by atomic mass is 9.62. The molecule has 1 N–H and O–H groups in total. The van der Waals surface area contributed by atoms with Crippen LogP contribution in [-0.2, 0) is 4.79 Å². The zero-order chi connectivity index (χ0) is 11.9. The minimum absolute atomic E-state index is 0.218. The van der Waals surface area contributed by atoms with E-state index in [4.69, 9.17) is 0 Å². The average molecular weight is 211 g/mol. The largest absolute Gasteiger partial charge is 0.356 e. The first kappa shape index (κ1) is 12.5. The van der Waals surface area contributed by atoms with Gasteiger partial charge in [-0.3, -0.25) is 4.79 Å². The molecule has 2 atom stereocenters. The molecule has 1 heterocycles. The third-order valence-electron chi connectivity index (χ3n) is 3.63. The van der Waals surface area contributed by atoms with E-state index < -0.39 is 0 Å². The summed E-state index contributed by atoms with van der Waals surface area (Å²) in [6.07, 6.45) is 0.686. The molecule has 1 rings (SSSR count). The quantitative estimate of drug-likeness (QED) is 0.656. The van der Waals surface area contributed by atoms with Crippen LogP contribution in [-0.4, -0.2) is 12.5 Å². The van der Waals surface area contributed by atoms with Gasteiger partial charge >= 0.3 is 0 Å². The molecular formula is C13H25NO. The molecule has 1 aliphatic rings. The maximum Gasteiger partial charge on any atom is 0.220 e. The fourth-order valence-electron chi connectivity index (χ4n) is 2.60. The number of amides is 1. The summed E-state index contributed by atoms with van der Waals surface area (Å²) in [7, 11) is 0. The van der Waals surface area contributed by atoms with E-state index in [0.29, 0.717) is 18.3 Å². The maximum absolute atomic E-state index is 11.5. The predicted molar refractivity (Wildman–Crippen MR) is 63.5 cm³/mol. The van der Waals surface area contributed by atoms with Gasteiger partial charge in [-0.05, 0) is 22.7 Å². The van der Waals surface area contributed by atoms with Crippen molar-refractivity contribution in [1.29, 1.82) is 0 Å². The molecule has 0 bridgehead atoms. The molecule has 2 nitrogen and oxygen atoms in total. The molecule has 0 aromatic rings. The lowest BCUT2D eigenvalue weighted by Crippen LogP contribution is -2.49. The molecule has 1 saturated heterocycles. The normalized spacial score (nSPS) is 28.8. The Balaban J connectivity index is 2.90. The smallest absolute Gasteiger partial charge is 0.220 e. The second kappa shape index (κ2) is 3.80. The van der Waals surface area contributed by atoms with E-state index in [0.717, 1.165) is 6.54 Å². The second-order valence-electron chi connectivity index (χ2n) is 6.95. The highest BCUT2D eigenvalue weighted by Crippen LogP contribution is 2.44. The Labute approximate surface area is 93.8 Å². The molecule has 2 heteroatoms. The van der Waals surface area contributed by atoms with Crippen molar-refractivity contribution in [2.24, 2.45) is 22.7 Å². The van der Waals surface area contributed by atoms with E-state index in [1.54, 1.807) is 0 Å². The van der Waals surface area contributed by atoms with Crippen molar-refractivity contribution < 1.29 is 4.79 Å². The summed E-state index contributed by atoms with van der Waals surface area (Å²) in [6, 6.07) is 0. The summed E-state index contributed by atoms with van der Waals surface area (Å²) < 4.78 is 0. The number of carbonyl (C=O) groups excluding carboxylic acids is 1. The Hall–Kier alpha value is -0.530. The first-order valence-corrected chi connectivity index (χ1v) is 5.89. The molecule has 0 aromatic heterocycles. The first-order chi connectivity index (χ1) is 6.62. The van der Waals surface area contributed by atoms with Crippen molar-refractivity contribution in [1.82, 2.24) is 5.32 Å². The topological polar surface area (TPSA) is 29.1 Å². The van der Waals surface area contributed by atoms with E-state index in [1.807, 2.05) is 0 Å². The van der Waals surface area contributed by atoms with Crippen molar-refractivity contribution in [2.45, 2.75) is 48.0 Å². The van der Waals surface area contributed by atoms with Crippen LogP contribution in [0.15, 0.2) is 0 Å². The van der Waals surface area contributed by atoms with Crippen LogP contribution in [0.3, 0.4) is 0 Å². The molecule has 2 unspecified atom stereocenters. The molecule has 0 aliphatic carbocycles. The zero-order valence-corrected chi connectivity index (χ0v) is 11.0. The van der Waals surface area contributed by atoms with Gasteiger partial charge in [0.25, 0.3) is 0 Å². The Morgan fingerprint density at radius 1 is 1.00 bits per heavy atom. The number of rotatable bonds is 0. The van der Waals surface area contributed by atoms with Crippen molar-refractivity contribution >= 4 is 5.91 Å². The molecule has 88 valence electrons. The van der Waals surface area contributed by atoms with Crippen molar-refractivity contribution in [2.75, 3.05) is 6.54 Å². The summed E-state index contributed by atoms with van der Waals surface area (Å²) in [5, 5.41) is 3.00. The maximum atomic E-state index is 11.5. The van der Waals surface area contributed by atoms with Gasteiger partial charge < -0.3 is 5.32 Å². The van der Waals surface area contributed by atoms with E-state index in [-0.39, 0.29) is 16.7 Å². The van der Waals surface area contributed by atoms with Crippen LogP contribution >= 0.6 is 0 Å². The van der Waals surface area contributed by atoms with Gasteiger partial charge in [0.2, 0.25) is 5.91 Å². The van der Waals surface area contributed by atoms with Crippen LogP contribution in [0.1, 0.15) is 48.0 Å². The molecule has 1 fully saturated rings. The summed E-state index contributed by atoms with van der Waals surface area (Å²) in [6.45, 7) is 14.4. The summed E-state index contributed by atoms with van der Waals surface area (Å²) in [4.78, 5) is 11.5. The van der Waals surface area contributed by atoms with E-state index in [9.17, 15) is 4.79 Å². The molecule has 0 aromatic carbocycles. The Morgan fingerprint density at radius 2 is 1.47 bits per heavy atom. The number of nitrogens with one attached hydrogen (secondary N) is 1. The van der Waals surface area contributed by atoms with E-state index >= 15 is 0 Å². The summed E-state index contributed by atoms with van der Waals surface area (Å²) in [5.41, 5.74) is 0.487. The van der Waals surface area contributed by atoms with Gasteiger partial charge in [0, 0.05) is 13.0 Å². The number of carbonyl (C=O) groups is 1. The second-order valence-corrected chi connectivity index (χ2v) is 6.95. The lowest BCUT2D eigenvalue weighted by Gasteiger charge is -2.46. The zero-order valence-electron chi connectivity index (χ0n) is 11.0. The van der Waals surface area contributed by atoms with Crippen LogP contribution in [0.25, 0.3) is 0 Å². The van der Waals surface area contributed by atoms with Gasteiger partial charge in [0.1, 0.15) is 0 Å². The molecular weight excluding hydrogens is 186 g/mol. The predicted octanol–water partition coefficient (Wildman–Crippen LogP) is 2.83. The van der Waals surface area contributed by atoms with Crippen LogP contribution in [0, 0.1) is 22.7 Å². The fraction of sp³-hybridized carbons (Fsp3) is 0.923. The van der Waals surface area contributed by atoms with Crippen LogP contribution in [0.5, 0.6) is 0 Å². The Morgan fingerprint density at radius 3 is 1.87 bits per heavy atom. The fourth-order valence-corrected chi connectivity index (χ4v) is 2.60. The molecule has 0 radical (unpaired) electrons. The third kappa shape index (κ3) is 2.96. The standard InChI is InChI=1S/C13H25NO/c1-12(2,3)9-7-11(15)14-8-10(9)13(4,5)6/h9-10H,7-8H2,1-6H3,(H,14,15). The third-order valence-corrected chi connectivity index (χ3v) is 3.63. The SMILES string of the molecule is CC(C)(C)C1CNC(=O)CC1C(C)(C)C. The van der Waals surface area contributed by atoms with Crippen molar-refractivity contribution in [3.63, 3.8) is 0 Å². The summed E-state index contributed by atoms with van der Waals surface area (Å²) in [5.74, 6) is 1.29. The van der Waals surface area contributed by atoms with Gasteiger partial charge in [-0.1, -0.05) is 41.5 Å². The molecule has 1 aliphatic heterocycles. The highest BCUT2D eigenvalue weighted by Gasteiger charge is 2.42. The highest BCUT2D eigenvalue weighted by molar-refractivity contribution is 5.77. The number of hydrogen-bond donors (Lipinski definition) is 1. The number of hydrogen-bond acceptors (Lipinski definition) is 1. The monoisotopic (exact) mass is 211 g/mol. The van der Waals surface area contributed by atoms with E-state index in [2.05, 4.69) is 46.9 Å². The lowest BCUT2D eigenvalue weighted by molar-refractivity contribution is -0.128. The van der Waals surface area contributed by atoms with Gasteiger partial charge in [-0.15, -0.1) is 0 Å². The van der Waals surface area contributed by atoms with Gasteiger partial charge in [-0.2, -0.15) is 0 Å². The first-order valence-electron chi connectivity index (χ1n) is 5.89. The van der Waals surface area contributed by atoms with Crippen LogP contribution in [0.2, 0.25) is 0 Å². The van der Waals surface area contributed by atoms with Crippen molar-refractivity contribution in [3.05, 3.63) is 0 Å². The van der Waals surface area contributed by atoms with Gasteiger partial charge in [0.05, 0.1) is 0 Å². The number of piperidine rings is 1. The minimum atomic E-state index is 0.218. The Bertz CT molecular complexity index is 244. The minimum Gasteiger partial charge on any atom is -0.356 e. The molecule has 0 spiro atoms. The van der Waals surface area contributed by atoms with Gasteiger partial charge in [-0.25, -0.2) is 0 Å². The Kier molecular flexibility index (Phi) is 3.18. The molecule has 0 saturated carbocycles.